The van der Waals surface area contributed by atoms with Gasteiger partial charge >= 0.3 is 0 Å². The summed E-state index contributed by atoms with van der Waals surface area (Å²) < 4.78 is 12.6. The molecule has 0 aliphatic carbocycles. The molecule has 0 amide bonds. The first kappa shape index (κ1) is 8.87. The summed E-state index contributed by atoms with van der Waals surface area (Å²) in [5, 5.41) is 0.808. The average Bonchev–Trinajstić information content (AvgIpc) is 2.27. The molecule has 1 aromatic carbocycles. The highest BCUT2D eigenvalue weighted by molar-refractivity contribution is 5.85. The summed E-state index contributed by atoms with van der Waals surface area (Å²) in [5.74, 6) is 0.321. The van der Waals surface area contributed by atoms with Crippen LogP contribution >= 0.6 is 12.4 Å². The topological polar surface area (TPSA) is 41.8 Å². The first-order chi connectivity index (χ1) is 5.25. The molecule has 0 aliphatic heterocycles. The van der Waals surface area contributed by atoms with Crippen LogP contribution in [0.25, 0.3) is 10.9 Å². The zero-order valence-electron chi connectivity index (χ0n) is 6.17. The lowest BCUT2D eigenvalue weighted by atomic mass is 10.2. The maximum atomic E-state index is 12.6. The number of H-pyrrole nitrogens is 1. The molecule has 0 unspecified atom stereocenters. The van der Waals surface area contributed by atoms with E-state index in [9.17, 15) is 4.39 Å². The highest BCUT2D eigenvalue weighted by Crippen LogP contribution is 2.17. The van der Waals surface area contributed by atoms with E-state index in [-0.39, 0.29) is 18.2 Å². The standard InChI is InChI=1S/C8H7FN2.ClH/c9-6-1-2-7-5(3-6)4-8(10)11-7;/h1-4,11H,10H2;1H. The van der Waals surface area contributed by atoms with Crippen LogP contribution in [0.5, 0.6) is 0 Å². The summed E-state index contributed by atoms with van der Waals surface area (Å²) in [6, 6.07) is 6.22. The predicted octanol–water partition coefficient (Wildman–Crippen LogP) is 2.31. The molecule has 0 aliphatic rings. The summed E-state index contributed by atoms with van der Waals surface area (Å²) in [5.41, 5.74) is 6.33. The maximum Gasteiger partial charge on any atom is 0.123 e. The van der Waals surface area contributed by atoms with Gasteiger partial charge in [-0.05, 0) is 24.3 Å². The minimum Gasteiger partial charge on any atom is -0.385 e. The van der Waals surface area contributed by atoms with Gasteiger partial charge in [0.05, 0.1) is 0 Å². The Morgan fingerprint density at radius 3 is 2.75 bits per heavy atom. The Morgan fingerprint density at radius 2 is 2.00 bits per heavy atom. The molecular formula is C8H8ClFN2. The van der Waals surface area contributed by atoms with Gasteiger partial charge in [-0.2, -0.15) is 0 Å². The van der Waals surface area contributed by atoms with Crippen LogP contribution in [0, 0.1) is 5.82 Å². The van der Waals surface area contributed by atoms with Gasteiger partial charge in [-0.25, -0.2) is 4.39 Å². The highest BCUT2D eigenvalue weighted by atomic mass is 35.5. The average molecular weight is 187 g/mol. The molecule has 1 heterocycles. The van der Waals surface area contributed by atoms with E-state index in [1.54, 1.807) is 12.1 Å². The third-order valence-corrected chi connectivity index (χ3v) is 1.60. The number of halogens is 2. The van der Waals surface area contributed by atoms with E-state index in [0.29, 0.717) is 5.82 Å². The van der Waals surface area contributed by atoms with Crippen LogP contribution in [0.1, 0.15) is 0 Å². The summed E-state index contributed by atoms with van der Waals surface area (Å²) in [4.78, 5) is 2.90. The van der Waals surface area contributed by atoms with E-state index in [1.807, 2.05) is 0 Å². The SMILES string of the molecule is Cl.Nc1cc2cc(F)ccc2[nH]1. The molecule has 0 radical (unpaired) electrons. The molecule has 1 aromatic heterocycles. The molecule has 0 saturated heterocycles. The number of nitrogens with two attached hydrogens (primary N) is 1. The molecule has 0 spiro atoms. The number of benzene rings is 1. The van der Waals surface area contributed by atoms with Crippen molar-refractivity contribution in [2.24, 2.45) is 0 Å². The highest BCUT2D eigenvalue weighted by Gasteiger charge is 1.97. The Bertz CT molecular complexity index is 397. The van der Waals surface area contributed by atoms with Crippen molar-refractivity contribution in [2.75, 3.05) is 5.73 Å². The second-order valence-electron chi connectivity index (χ2n) is 2.46. The van der Waals surface area contributed by atoms with Gasteiger partial charge in [0.25, 0.3) is 0 Å². The summed E-state index contributed by atoms with van der Waals surface area (Å²) in [7, 11) is 0. The predicted molar refractivity (Wildman–Crippen MR) is 49.9 cm³/mol. The van der Waals surface area contributed by atoms with Gasteiger partial charge < -0.3 is 10.7 Å². The maximum absolute atomic E-state index is 12.6. The largest absolute Gasteiger partial charge is 0.385 e. The smallest absolute Gasteiger partial charge is 0.123 e. The van der Waals surface area contributed by atoms with Gasteiger partial charge in [0.2, 0.25) is 0 Å². The van der Waals surface area contributed by atoms with Crippen LogP contribution in [-0.4, -0.2) is 4.98 Å². The number of nitrogens with one attached hydrogen (secondary N) is 1. The first-order valence-electron chi connectivity index (χ1n) is 3.29. The molecule has 12 heavy (non-hydrogen) atoms. The van der Waals surface area contributed by atoms with Crippen molar-refractivity contribution in [2.45, 2.75) is 0 Å². The zero-order valence-corrected chi connectivity index (χ0v) is 6.99. The van der Waals surface area contributed by atoms with E-state index in [0.717, 1.165) is 10.9 Å². The molecule has 2 aromatic rings. The lowest BCUT2D eigenvalue weighted by Crippen LogP contribution is -1.80. The minimum absolute atomic E-state index is 0. The van der Waals surface area contributed by atoms with Crippen LogP contribution in [0.3, 0.4) is 0 Å². The lowest BCUT2D eigenvalue weighted by molar-refractivity contribution is 0.630. The van der Waals surface area contributed by atoms with E-state index >= 15 is 0 Å². The van der Waals surface area contributed by atoms with Gasteiger partial charge in [0.1, 0.15) is 11.6 Å². The van der Waals surface area contributed by atoms with Crippen molar-refractivity contribution in [1.82, 2.24) is 4.98 Å². The third-order valence-electron chi connectivity index (χ3n) is 1.60. The molecule has 0 saturated carbocycles. The first-order valence-corrected chi connectivity index (χ1v) is 3.29. The summed E-state index contributed by atoms with van der Waals surface area (Å²) >= 11 is 0. The number of anilines is 1. The molecule has 64 valence electrons. The number of rotatable bonds is 0. The van der Waals surface area contributed by atoms with Crippen LogP contribution in [0.2, 0.25) is 0 Å². The van der Waals surface area contributed by atoms with E-state index < -0.39 is 0 Å². The Balaban J connectivity index is 0.000000720. The zero-order chi connectivity index (χ0) is 7.84. The van der Waals surface area contributed by atoms with Crippen LogP contribution < -0.4 is 5.73 Å². The van der Waals surface area contributed by atoms with Crippen molar-refractivity contribution in [3.8, 4) is 0 Å². The fourth-order valence-electron chi connectivity index (χ4n) is 1.13. The van der Waals surface area contributed by atoms with E-state index in [4.69, 9.17) is 5.73 Å². The summed E-state index contributed by atoms with van der Waals surface area (Å²) in [6.45, 7) is 0. The number of fused-ring (bicyclic) bond motifs is 1. The van der Waals surface area contributed by atoms with Gasteiger partial charge in [0.15, 0.2) is 0 Å². The molecule has 0 bridgehead atoms. The third kappa shape index (κ3) is 1.36. The van der Waals surface area contributed by atoms with Crippen LogP contribution in [-0.2, 0) is 0 Å². The Morgan fingerprint density at radius 1 is 1.25 bits per heavy atom. The molecule has 2 rings (SSSR count). The van der Waals surface area contributed by atoms with Crippen molar-refractivity contribution < 1.29 is 4.39 Å². The Kier molecular flexibility index (Phi) is 2.24. The van der Waals surface area contributed by atoms with Crippen molar-refractivity contribution >= 4 is 29.1 Å². The second kappa shape index (κ2) is 3.03. The molecule has 4 heteroatoms. The minimum atomic E-state index is -0.239. The Labute approximate surface area is 75.0 Å². The number of nitrogen functional groups attached to an aromatic ring is 1. The Hall–Kier alpha value is -1.22. The summed E-state index contributed by atoms with van der Waals surface area (Å²) in [6.07, 6.45) is 0. The van der Waals surface area contributed by atoms with Gasteiger partial charge in [0, 0.05) is 10.9 Å². The van der Waals surface area contributed by atoms with Gasteiger partial charge in [-0.3, -0.25) is 0 Å². The number of aromatic nitrogens is 1. The normalized spacial score (nSPS) is 9.75. The number of hydrogen-bond donors (Lipinski definition) is 2. The van der Waals surface area contributed by atoms with Crippen molar-refractivity contribution in [3.05, 3.63) is 30.1 Å². The van der Waals surface area contributed by atoms with Crippen LogP contribution in [0.15, 0.2) is 24.3 Å². The van der Waals surface area contributed by atoms with Gasteiger partial charge in [-0.1, -0.05) is 0 Å². The fraction of sp³-hybridized carbons (Fsp3) is 0. The number of aromatic amines is 1. The monoisotopic (exact) mass is 186 g/mol. The van der Waals surface area contributed by atoms with Crippen molar-refractivity contribution in [1.29, 1.82) is 0 Å². The van der Waals surface area contributed by atoms with Gasteiger partial charge in [-0.15, -0.1) is 12.4 Å². The molecule has 0 atom stereocenters. The molecular weight excluding hydrogens is 179 g/mol. The quantitative estimate of drug-likeness (QED) is 0.652. The lowest BCUT2D eigenvalue weighted by Gasteiger charge is -1.87. The molecule has 2 nitrogen and oxygen atoms in total. The second-order valence-corrected chi connectivity index (χ2v) is 2.46. The number of hydrogen-bond acceptors (Lipinski definition) is 1. The van der Waals surface area contributed by atoms with Crippen molar-refractivity contribution in [3.63, 3.8) is 0 Å². The van der Waals surface area contributed by atoms with E-state index in [1.165, 1.54) is 12.1 Å². The van der Waals surface area contributed by atoms with E-state index in [2.05, 4.69) is 4.98 Å². The molecule has 0 fully saturated rings. The van der Waals surface area contributed by atoms with Crippen LogP contribution in [0.4, 0.5) is 10.2 Å². The molecule has 3 N–H and O–H groups in total. The fourth-order valence-corrected chi connectivity index (χ4v) is 1.13.